The molecule has 10 nitrogen and oxygen atoms in total. The van der Waals surface area contributed by atoms with Crippen LogP contribution in [0.2, 0.25) is 23.2 Å². The molecule has 1 amide bonds. The number of aliphatic carboxylic acids is 1. The number of amides is 1. The molecular formula is C33H40ClNO9Si. The summed E-state index contributed by atoms with van der Waals surface area (Å²) in [7, 11) is 0.820. The Balaban J connectivity index is 1.85. The molecule has 0 radical (unpaired) electrons. The lowest BCUT2D eigenvalue weighted by Crippen LogP contribution is -2.50. The Bertz CT molecular complexity index is 1490. The number of carbonyl (C=O) groups excluding carboxylic acids is 2. The number of ketones is 1. The van der Waals surface area contributed by atoms with E-state index in [0.29, 0.717) is 11.5 Å². The molecule has 0 aliphatic rings. The van der Waals surface area contributed by atoms with Crippen molar-refractivity contribution < 1.29 is 42.9 Å². The Morgan fingerprint density at radius 1 is 0.844 bits per heavy atom. The van der Waals surface area contributed by atoms with E-state index in [1.165, 1.54) is 12.1 Å². The maximum absolute atomic E-state index is 13.3. The molecule has 242 valence electrons. The van der Waals surface area contributed by atoms with Gasteiger partial charge >= 0.3 is 5.97 Å². The minimum Gasteiger partial charge on any atom is -0.497 e. The number of methoxy groups -OCH3 is 2. The van der Waals surface area contributed by atoms with Crippen molar-refractivity contribution in [3.05, 3.63) is 82.4 Å². The third-order valence-electron chi connectivity index (χ3n) is 7.63. The van der Waals surface area contributed by atoms with E-state index in [-0.39, 0.29) is 46.9 Å². The molecule has 0 heterocycles. The van der Waals surface area contributed by atoms with Crippen LogP contribution in [0.4, 0.5) is 0 Å². The van der Waals surface area contributed by atoms with Gasteiger partial charge in [-0.2, -0.15) is 0 Å². The van der Waals surface area contributed by atoms with Gasteiger partial charge in [-0.15, -0.1) is 0 Å². The second-order valence-corrected chi connectivity index (χ2v) is 17.0. The lowest BCUT2D eigenvalue weighted by Gasteiger charge is -2.36. The molecule has 0 unspecified atom stereocenters. The Labute approximate surface area is 269 Å². The molecule has 0 saturated carbocycles. The summed E-state index contributed by atoms with van der Waals surface area (Å²) in [5.74, 6) is -1.84. The molecule has 0 saturated heterocycles. The van der Waals surface area contributed by atoms with Crippen LogP contribution in [-0.2, 0) is 27.2 Å². The molecule has 0 bridgehead atoms. The van der Waals surface area contributed by atoms with Crippen LogP contribution in [0, 0.1) is 0 Å². The van der Waals surface area contributed by atoms with Crippen LogP contribution in [0.5, 0.6) is 23.0 Å². The number of rotatable bonds is 15. The Hall–Kier alpha value is -4.06. The highest BCUT2D eigenvalue weighted by atomic mass is 35.5. The van der Waals surface area contributed by atoms with Crippen LogP contribution in [0.25, 0.3) is 0 Å². The van der Waals surface area contributed by atoms with Crippen molar-refractivity contribution in [1.82, 2.24) is 5.32 Å². The van der Waals surface area contributed by atoms with E-state index in [0.717, 1.165) is 11.1 Å². The molecule has 0 fully saturated rings. The summed E-state index contributed by atoms with van der Waals surface area (Å²) in [6, 6.07) is 15.8. The van der Waals surface area contributed by atoms with Gasteiger partial charge in [-0.1, -0.05) is 56.6 Å². The van der Waals surface area contributed by atoms with Crippen molar-refractivity contribution in [2.24, 2.45) is 0 Å². The minimum atomic E-state index is -2.32. The lowest BCUT2D eigenvalue weighted by molar-refractivity contribution is -0.142. The molecule has 0 aromatic heterocycles. The number of nitrogens with one attached hydrogen (secondary N) is 1. The fraction of sp³-hybridized carbons (Fsp3) is 0.364. The van der Waals surface area contributed by atoms with E-state index in [1.54, 1.807) is 38.5 Å². The molecule has 1 atom stereocenters. The van der Waals surface area contributed by atoms with Gasteiger partial charge in [-0.05, 0) is 65.7 Å². The molecule has 0 aliphatic heterocycles. The molecule has 3 aromatic carbocycles. The van der Waals surface area contributed by atoms with Crippen LogP contribution in [0.1, 0.15) is 42.3 Å². The number of carboxylic acids is 1. The van der Waals surface area contributed by atoms with Crippen LogP contribution >= 0.6 is 11.6 Å². The maximum Gasteiger partial charge on any atom is 0.328 e. The maximum atomic E-state index is 13.3. The monoisotopic (exact) mass is 657 g/mol. The first-order valence-electron chi connectivity index (χ1n) is 14.2. The van der Waals surface area contributed by atoms with E-state index in [1.807, 2.05) is 58.1 Å². The Kier molecular flexibility index (Phi) is 12.0. The lowest BCUT2D eigenvalue weighted by atomic mass is 10.1. The summed E-state index contributed by atoms with van der Waals surface area (Å²) in [6.07, 6.45) is 0. The van der Waals surface area contributed by atoms with E-state index in [9.17, 15) is 19.5 Å². The number of halogens is 1. The fourth-order valence-electron chi connectivity index (χ4n) is 3.75. The molecule has 45 heavy (non-hydrogen) atoms. The second-order valence-electron chi connectivity index (χ2n) is 11.8. The first-order chi connectivity index (χ1) is 21.2. The zero-order valence-corrected chi connectivity index (χ0v) is 28.3. The van der Waals surface area contributed by atoms with Gasteiger partial charge in [0.15, 0.2) is 19.8 Å². The summed E-state index contributed by atoms with van der Waals surface area (Å²) in [5.41, 5.74) is 1.45. The molecule has 3 aromatic rings. The summed E-state index contributed by atoms with van der Waals surface area (Å²) < 4.78 is 28.4. The normalized spacial score (nSPS) is 12.2. The summed E-state index contributed by atoms with van der Waals surface area (Å²) in [5, 5.41) is 11.7. The SMILES string of the molecule is COc1ccc(COc2ccc(C(=O)C(=O)N[C@H](CO[Si](C)(C)C(C)(C)C)C(=O)O)c(Cl)c2OCc2ccc(OC)cc2)cc1. The molecule has 0 aliphatic carbocycles. The molecule has 12 heteroatoms. The van der Waals surface area contributed by atoms with Gasteiger partial charge in [0, 0.05) is 0 Å². The van der Waals surface area contributed by atoms with Gasteiger partial charge in [0.25, 0.3) is 11.7 Å². The topological polar surface area (TPSA) is 130 Å². The fourth-order valence-corrected chi connectivity index (χ4v) is 5.06. The molecular weight excluding hydrogens is 618 g/mol. The van der Waals surface area contributed by atoms with Gasteiger partial charge < -0.3 is 33.8 Å². The zero-order valence-electron chi connectivity index (χ0n) is 26.6. The molecule has 2 N–H and O–H groups in total. The van der Waals surface area contributed by atoms with Crippen LogP contribution < -0.4 is 24.3 Å². The number of carboxylic acid groups (broad SMARTS) is 1. The van der Waals surface area contributed by atoms with Crippen LogP contribution in [-0.4, -0.2) is 58.0 Å². The Morgan fingerprint density at radius 3 is 1.82 bits per heavy atom. The highest BCUT2D eigenvalue weighted by Gasteiger charge is 2.39. The van der Waals surface area contributed by atoms with E-state index in [4.69, 9.17) is 35.0 Å². The average molecular weight is 658 g/mol. The van der Waals surface area contributed by atoms with Crippen molar-refractivity contribution >= 4 is 37.6 Å². The van der Waals surface area contributed by atoms with Crippen molar-refractivity contribution in [3.63, 3.8) is 0 Å². The third kappa shape index (κ3) is 9.46. The smallest absolute Gasteiger partial charge is 0.328 e. The number of benzene rings is 3. The Morgan fingerprint density at radius 2 is 1.36 bits per heavy atom. The van der Waals surface area contributed by atoms with Crippen LogP contribution in [0.3, 0.4) is 0 Å². The predicted molar refractivity (Wildman–Crippen MR) is 173 cm³/mol. The van der Waals surface area contributed by atoms with Gasteiger partial charge in [-0.3, -0.25) is 9.59 Å². The first-order valence-corrected chi connectivity index (χ1v) is 17.5. The summed E-state index contributed by atoms with van der Waals surface area (Å²) in [6.45, 7) is 9.90. The second kappa shape index (κ2) is 15.3. The van der Waals surface area contributed by atoms with E-state index >= 15 is 0 Å². The minimum absolute atomic E-state index is 0.0516. The summed E-state index contributed by atoms with van der Waals surface area (Å²) >= 11 is 6.68. The molecule has 3 rings (SSSR count). The number of ether oxygens (including phenoxy) is 4. The number of hydrogen-bond acceptors (Lipinski definition) is 8. The molecule has 0 spiro atoms. The quantitative estimate of drug-likeness (QED) is 0.110. The van der Waals surface area contributed by atoms with Gasteiger partial charge in [-0.25, -0.2) is 4.79 Å². The van der Waals surface area contributed by atoms with Crippen LogP contribution in [0.15, 0.2) is 60.7 Å². The van der Waals surface area contributed by atoms with E-state index < -0.39 is 32.0 Å². The summed E-state index contributed by atoms with van der Waals surface area (Å²) in [4.78, 5) is 38.2. The number of carbonyl (C=O) groups is 3. The number of hydrogen-bond donors (Lipinski definition) is 2. The zero-order chi connectivity index (χ0) is 33.4. The number of Topliss-reactive ketones (excluding diaryl/α,β-unsaturated/α-hetero) is 1. The average Bonchev–Trinajstić information content (AvgIpc) is 3.00. The van der Waals surface area contributed by atoms with Crippen molar-refractivity contribution in [1.29, 1.82) is 0 Å². The third-order valence-corrected chi connectivity index (χ3v) is 12.5. The highest BCUT2D eigenvalue weighted by Crippen LogP contribution is 2.39. The van der Waals surface area contributed by atoms with Gasteiger partial charge in [0.05, 0.1) is 31.4 Å². The first kappa shape index (κ1) is 35.4. The largest absolute Gasteiger partial charge is 0.497 e. The highest BCUT2D eigenvalue weighted by molar-refractivity contribution is 6.74. The van der Waals surface area contributed by atoms with Crippen molar-refractivity contribution in [3.8, 4) is 23.0 Å². The standard InChI is InChI=1S/C33H40ClNO9Si/c1-33(2,3)45(6,7)44-20-26(32(38)39)35-31(37)29(36)25-16-17-27(42-18-21-8-12-23(40-4)13-9-21)30(28(25)34)43-19-22-10-14-24(41-5)15-11-22/h8-17,26H,18-20H2,1-7H3,(H,35,37)(H,38,39)/t26-/m1/s1. The van der Waals surface area contributed by atoms with Crippen molar-refractivity contribution in [2.45, 2.75) is 58.2 Å². The predicted octanol–water partition coefficient (Wildman–Crippen LogP) is 6.29. The van der Waals surface area contributed by atoms with Gasteiger partial charge in [0.2, 0.25) is 0 Å². The van der Waals surface area contributed by atoms with Gasteiger partial charge in [0.1, 0.15) is 30.8 Å². The van der Waals surface area contributed by atoms with E-state index in [2.05, 4.69) is 5.32 Å². The van der Waals surface area contributed by atoms with Crippen molar-refractivity contribution in [2.75, 3.05) is 20.8 Å².